The number of fused-ring (bicyclic) bond motifs is 1. The number of benzene rings is 1. The number of para-hydroxylation sites is 1. The highest BCUT2D eigenvalue weighted by molar-refractivity contribution is 5.78. The van der Waals surface area contributed by atoms with E-state index in [1.807, 2.05) is 13.0 Å². The molecular weight excluding hydrogens is 224 g/mol. The van der Waals surface area contributed by atoms with Gasteiger partial charge in [0.15, 0.2) is 11.5 Å². The van der Waals surface area contributed by atoms with Gasteiger partial charge in [-0.3, -0.25) is 0 Å². The van der Waals surface area contributed by atoms with Crippen LogP contribution in [0.1, 0.15) is 43.6 Å². The van der Waals surface area contributed by atoms with Crippen LogP contribution in [0.15, 0.2) is 22.6 Å². The molecule has 1 saturated carbocycles. The Labute approximate surface area is 107 Å². The van der Waals surface area contributed by atoms with Crippen LogP contribution in [0, 0.1) is 6.92 Å². The van der Waals surface area contributed by atoms with Gasteiger partial charge in [-0.25, -0.2) is 4.98 Å². The summed E-state index contributed by atoms with van der Waals surface area (Å²) in [5.74, 6) is 0.737. The van der Waals surface area contributed by atoms with E-state index in [1.54, 1.807) is 0 Å². The van der Waals surface area contributed by atoms with Crippen molar-refractivity contribution in [3.05, 3.63) is 29.7 Å². The Kier molecular flexibility index (Phi) is 2.86. The van der Waals surface area contributed by atoms with Crippen molar-refractivity contribution in [3.63, 3.8) is 0 Å². The van der Waals surface area contributed by atoms with Gasteiger partial charge in [-0.15, -0.1) is 0 Å². The van der Waals surface area contributed by atoms with Crippen molar-refractivity contribution in [1.82, 2.24) is 4.98 Å². The maximum Gasteiger partial charge on any atom is 0.192 e. The molecule has 3 nitrogen and oxygen atoms in total. The molecule has 0 aliphatic heterocycles. The molecule has 0 atom stereocenters. The van der Waals surface area contributed by atoms with Crippen molar-refractivity contribution in [2.45, 2.75) is 44.4 Å². The average Bonchev–Trinajstić information content (AvgIpc) is 2.79. The van der Waals surface area contributed by atoms with Gasteiger partial charge in [0.2, 0.25) is 0 Å². The Morgan fingerprint density at radius 2 is 2.06 bits per heavy atom. The molecule has 0 amide bonds. The molecule has 18 heavy (non-hydrogen) atoms. The zero-order chi connectivity index (χ0) is 12.6. The second-order valence-corrected chi connectivity index (χ2v) is 5.43. The van der Waals surface area contributed by atoms with E-state index in [2.05, 4.69) is 17.1 Å². The minimum atomic E-state index is 0.112. The van der Waals surface area contributed by atoms with Gasteiger partial charge in [-0.05, 0) is 24.5 Å². The maximum absolute atomic E-state index is 6.11. The number of nitrogens with two attached hydrogens (primary N) is 1. The van der Waals surface area contributed by atoms with Gasteiger partial charge in [0.25, 0.3) is 0 Å². The van der Waals surface area contributed by atoms with E-state index in [-0.39, 0.29) is 5.41 Å². The number of aryl methyl sites for hydroxylation is 1. The van der Waals surface area contributed by atoms with Crippen molar-refractivity contribution < 1.29 is 4.42 Å². The van der Waals surface area contributed by atoms with Crippen molar-refractivity contribution in [2.24, 2.45) is 5.73 Å². The van der Waals surface area contributed by atoms with E-state index in [0.29, 0.717) is 6.54 Å². The molecule has 1 aliphatic carbocycles. The first-order chi connectivity index (χ1) is 8.75. The summed E-state index contributed by atoms with van der Waals surface area (Å²) in [7, 11) is 0. The molecule has 1 fully saturated rings. The summed E-state index contributed by atoms with van der Waals surface area (Å²) in [4.78, 5) is 4.56. The van der Waals surface area contributed by atoms with Crippen LogP contribution in [0.25, 0.3) is 11.1 Å². The van der Waals surface area contributed by atoms with Gasteiger partial charge < -0.3 is 10.2 Å². The second kappa shape index (κ2) is 4.39. The summed E-state index contributed by atoms with van der Waals surface area (Å²) >= 11 is 0. The van der Waals surface area contributed by atoms with Gasteiger partial charge in [0, 0.05) is 18.9 Å². The Balaban J connectivity index is 2.16. The maximum atomic E-state index is 6.11. The first-order valence-corrected chi connectivity index (χ1v) is 6.82. The summed E-state index contributed by atoms with van der Waals surface area (Å²) in [5.41, 5.74) is 9.42. The summed E-state index contributed by atoms with van der Waals surface area (Å²) in [6.45, 7) is 2.61. The second-order valence-electron chi connectivity index (χ2n) is 5.43. The molecule has 3 heteroatoms. The molecule has 0 saturated heterocycles. The average molecular weight is 244 g/mol. The molecule has 2 aromatic rings. The van der Waals surface area contributed by atoms with Crippen LogP contribution >= 0.6 is 0 Å². The number of hydrogen-bond donors (Lipinski definition) is 1. The first kappa shape index (κ1) is 11.7. The van der Waals surface area contributed by atoms with E-state index in [0.717, 1.165) is 17.0 Å². The predicted molar refractivity (Wildman–Crippen MR) is 72.6 cm³/mol. The first-order valence-electron chi connectivity index (χ1n) is 6.82. The van der Waals surface area contributed by atoms with Gasteiger partial charge in [-0.1, -0.05) is 31.4 Å². The Bertz CT molecular complexity index is 553. The molecule has 3 rings (SSSR count). The zero-order valence-corrected chi connectivity index (χ0v) is 10.9. The number of nitrogens with zero attached hydrogens (tertiary/aromatic N) is 1. The molecule has 1 aromatic carbocycles. The van der Waals surface area contributed by atoms with Gasteiger partial charge in [-0.2, -0.15) is 0 Å². The molecule has 0 radical (unpaired) electrons. The van der Waals surface area contributed by atoms with Crippen molar-refractivity contribution in [3.8, 4) is 0 Å². The van der Waals surface area contributed by atoms with Gasteiger partial charge in [0.1, 0.15) is 5.52 Å². The fraction of sp³-hybridized carbons (Fsp3) is 0.533. The zero-order valence-electron chi connectivity index (χ0n) is 10.9. The van der Waals surface area contributed by atoms with Crippen LogP contribution in [0.4, 0.5) is 0 Å². The third kappa shape index (κ3) is 1.74. The number of oxazole rings is 1. The lowest BCUT2D eigenvalue weighted by Gasteiger charge is -2.36. The lowest BCUT2D eigenvalue weighted by molar-refractivity contribution is 0.302. The van der Waals surface area contributed by atoms with Gasteiger partial charge in [0.05, 0.1) is 0 Å². The van der Waals surface area contributed by atoms with E-state index in [4.69, 9.17) is 10.2 Å². The summed E-state index contributed by atoms with van der Waals surface area (Å²) in [6, 6.07) is 6.24. The van der Waals surface area contributed by atoms with Crippen LogP contribution in [0.5, 0.6) is 0 Å². The highest BCUT2D eigenvalue weighted by atomic mass is 16.3. The third-order valence-corrected chi connectivity index (χ3v) is 4.30. The van der Waals surface area contributed by atoms with Crippen LogP contribution in [-0.4, -0.2) is 11.5 Å². The molecule has 1 aliphatic rings. The molecule has 0 unspecified atom stereocenters. The summed E-state index contributed by atoms with van der Waals surface area (Å²) in [5, 5.41) is 0. The van der Waals surface area contributed by atoms with E-state index in [1.165, 1.54) is 37.7 Å². The standard InChI is InChI=1S/C15H20N2O/c1-11-17-14-12(6-5-7-13(14)18-11)15(10-16)8-3-2-4-9-15/h5-7H,2-4,8-10,16H2,1H3. The smallest absolute Gasteiger partial charge is 0.192 e. The molecular formula is C15H20N2O. The van der Waals surface area contributed by atoms with Crippen LogP contribution < -0.4 is 5.73 Å². The van der Waals surface area contributed by atoms with Crippen molar-refractivity contribution >= 4 is 11.1 Å². The molecule has 96 valence electrons. The van der Waals surface area contributed by atoms with Crippen LogP contribution in [0.2, 0.25) is 0 Å². The highest BCUT2D eigenvalue weighted by Gasteiger charge is 2.34. The lowest BCUT2D eigenvalue weighted by Crippen LogP contribution is -2.37. The molecule has 1 aromatic heterocycles. The van der Waals surface area contributed by atoms with E-state index in [9.17, 15) is 0 Å². The molecule has 1 heterocycles. The van der Waals surface area contributed by atoms with E-state index >= 15 is 0 Å². The SMILES string of the molecule is Cc1nc2c(C3(CN)CCCCC3)cccc2o1. The number of hydrogen-bond acceptors (Lipinski definition) is 3. The van der Waals surface area contributed by atoms with Gasteiger partial charge >= 0.3 is 0 Å². The Morgan fingerprint density at radius 1 is 1.28 bits per heavy atom. The van der Waals surface area contributed by atoms with Crippen LogP contribution in [-0.2, 0) is 5.41 Å². The monoisotopic (exact) mass is 244 g/mol. The predicted octanol–water partition coefficient (Wildman–Crippen LogP) is 3.30. The fourth-order valence-corrected chi connectivity index (χ4v) is 3.30. The van der Waals surface area contributed by atoms with Crippen molar-refractivity contribution in [1.29, 1.82) is 0 Å². The minimum absolute atomic E-state index is 0.112. The topological polar surface area (TPSA) is 52.0 Å². The van der Waals surface area contributed by atoms with E-state index < -0.39 is 0 Å². The minimum Gasteiger partial charge on any atom is -0.441 e. The Morgan fingerprint density at radius 3 is 2.78 bits per heavy atom. The molecule has 2 N–H and O–H groups in total. The number of aromatic nitrogens is 1. The largest absolute Gasteiger partial charge is 0.441 e. The highest BCUT2D eigenvalue weighted by Crippen LogP contribution is 2.41. The Hall–Kier alpha value is -1.35. The van der Waals surface area contributed by atoms with Crippen LogP contribution in [0.3, 0.4) is 0 Å². The fourth-order valence-electron chi connectivity index (χ4n) is 3.30. The normalized spacial score (nSPS) is 19.2. The summed E-state index contributed by atoms with van der Waals surface area (Å²) < 4.78 is 5.64. The summed E-state index contributed by atoms with van der Waals surface area (Å²) in [6.07, 6.45) is 6.22. The molecule has 0 spiro atoms. The molecule has 0 bridgehead atoms. The lowest BCUT2D eigenvalue weighted by atomic mass is 9.69. The number of rotatable bonds is 2. The van der Waals surface area contributed by atoms with Crippen molar-refractivity contribution in [2.75, 3.05) is 6.54 Å². The third-order valence-electron chi connectivity index (χ3n) is 4.30. The quantitative estimate of drug-likeness (QED) is 0.881.